The van der Waals surface area contributed by atoms with E-state index in [1.165, 1.54) is 25.7 Å². The van der Waals surface area contributed by atoms with Crippen LogP contribution in [0.1, 0.15) is 66.0 Å². The monoisotopic (exact) mass is 517 g/mol. The van der Waals surface area contributed by atoms with Crippen molar-refractivity contribution in [3.05, 3.63) is 112 Å². The molecule has 0 unspecified atom stereocenters. The first kappa shape index (κ1) is 24.8. The first-order chi connectivity index (χ1) is 19.0. The number of allylic oxidation sites excluding steroid dienone is 1. The molecule has 39 heavy (non-hydrogen) atoms. The maximum absolute atomic E-state index is 14.2. The van der Waals surface area contributed by atoms with Gasteiger partial charge in [0.25, 0.3) is 11.5 Å². The Morgan fingerprint density at radius 3 is 2.67 bits per heavy atom. The molecule has 3 heterocycles. The summed E-state index contributed by atoms with van der Waals surface area (Å²) in [5, 5.41) is 9.06. The predicted octanol–water partition coefficient (Wildman–Crippen LogP) is 6.04. The van der Waals surface area contributed by atoms with Gasteiger partial charge < -0.3 is 5.32 Å². The first-order valence-corrected chi connectivity index (χ1v) is 13.5. The van der Waals surface area contributed by atoms with Gasteiger partial charge in [-0.2, -0.15) is 5.10 Å². The predicted molar refractivity (Wildman–Crippen MR) is 154 cm³/mol. The Kier molecular flexibility index (Phi) is 6.57. The fraction of sp³-hybridized carbons (Fsp3) is 0.250. The fourth-order valence-corrected chi connectivity index (χ4v) is 5.70. The molecule has 1 aliphatic carbocycles. The zero-order valence-corrected chi connectivity index (χ0v) is 22.2. The van der Waals surface area contributed by atoms with Crippen molar-refractivity contribution in [3.63, 3.8) is 0 Å². The maximum atomic E-state index is 14.2. The van der Waals surface area contributed by atoms with Gasteiger partial charge in [0.15, 0.2) is 5.65 Å². The van der Waals surface area contributed by atoms with Crippen molar-refractivity contribution in [2.24, 2.45) is 5.92 Å². The molecule has 1 N–H and O–H groups in total. The van der Waals surface area contributed by atoms with Gasteiger partial charge in [0.2, 0.25) is 0 Å². The highest BCUT2D eigenvalue weighted by Gasteiger charge is 2.23. The summed E-state index contributed by atoms with van der Waals surface area (Å²) in [4.78, 5) is 32.0. The van der Waals surface area contributed by atoms with E-state index in [1.807, 2.05) is 61.5 Å². The SMILES string of the molecule is Cc1nn2cccnc2c1C(=O)N[C@H](C)c1cc2cccc(/C=C/C3CCCC3)c2c(=O)n1-c1ccccc1. The smallest absolute Gasteiger partial charge is 0.263 e. The molecule has 1 fully saturated rings. The van der Waals surface area contributed by atoms with Crippen LogP contribution in [0.2, 0.25) is 0 Å². The number of nitrogens with zero attached hydrogens (tertiary/aromatic N) is 4. The summed E-state index contributed by atoms with van der Waals surface area (Å²) in [5.74, 6) is 0.290. The van der Waals surface area contributed by atoms with E-state index in [0.717, 1.165) is 16.6 Å². The fourth-order valence-electron chi connectivity index (χ4n) is 5.70. The molecule has 1 saturated carbocycles. The summed E-state index contributed by atoms with van der Waals surface area (Å²) in [6.45, 7) is 3.70. The van der Waals surface area contributed by atoms with E-state index in [-0.39, 0.29) is 11.5 Å². The van der Waals surface area contributed by atoms with Crippen LogP contribution in [-0.4, -0.2) is 25.1 Å². The van der Waals surface area contributed by atoms with Gasteiger partial charge in [-0.3, -0.25) is 14.2 Å². The molecule has 196 valence electrons. The zero-order valence-electron chi connectivity index (χ0n) is 22.2. The van der Waals surface area contributed by atoms with Crippen molar-refractivity contribution in [1.29, 1.82) is 0 Å². The molecule has 1 amide bonds. The summed E-state index contributed by atoms with van der Waals surface area (Å²) in [6.07, 6.45) is 12.7. The first-order valence-electron chi connectivity index (χ1n) is 13.5. The second-order valence-corrected chi connectivity index (χ2v) is 10.3. The van der Waals surface area contributed by atoms with Crippen LogP contribution < -0.4 is 10.9 Å². The number of para-hydroxylation sites is 1. The van der Waals surface area contributed by atoms with E-state index in [1.54, 1.807) is 34.5 Å². The average Bonchev–Trinajstić information content (AvgIpc) is 3.59. The van der Waals surface area contributed by atoms with Gasteiger partial charge >= 0.3 is 0 Å². The third-order valence-corrected chi connectivity index (χ3v) is 7.66. The second kappa shape index (κ2) is 10.3. The molecule has 5 aromatic rings. The van der Waals surface area contributed by atoms with Crippen LogP contribution in [0.4, 0.5) is 0 Å². The number of amides is 1. The van der Waals surface area contributed by atoms with Crippen molar-refractivity contribution in [3.8, 4) is 5.69 Å². The Balaban J connectivity index is 1.45. The maximum Gasteiger partial charge on any atom is 0.263 e. The number of aryl methyl sites for hydroxylation is 1. The van der Waals surface area contributed by atoms with E-state index >= 15 is 0 Å². The standard InChI is InChI=1S/C32H31N5O2/c1-21(34-31(38)28-22(2)35-36-19-9-18-33-30(28)36)27-20-25-13-8-12-24(17-16-23-10-6-7-11-23)29(25)32(39)37(27)26-14-4-3-5-15-26/h3-5,8-9,12-21,23H,6-7,10-11H2,1-2H3,(H,34,38)/b17-16+/t21-/m1/s1. The number of fused-ring (bicyclic) bond motifs is 2. The van der Waals surface area contributed by atoms with Crippen LogP contribution in [0.3, 0.4) is 0 Å². The molecule has 0 spiro atoms. The quantitative estimate of drug-likeness (QED) is 0.298. The number of carbonyl (C=O) groups excluding carboxylic acids is 1. The number of aromatic nitrogens is 4. The van der Waals surface area contributed by atoms with Crippen molar-refractivity contribution >= 4 is 28.4 Å². The number of pyridine rings is 1. The van der Waals surface area contributed by atoms with E-state index in [9.17, 15) is 9.59 Å². The molecule has 0 bridgehead atoms. The lowest BCUT2D eigenvalue weighted by Crippen LogP contribution is -2.32. The molecule has 7 nitrogen and oxygen atoms in total. The lowest BCUT2D eigenvalue weighted by atomic mass is 10.0. The zero-order chi connectivity index (χ0) is 26.9. The van der Waals surface area contributed by atoms with Crippen LogP contribution >= 0.6 is 0 Å². The van der Waals surface area contributed by atoms with Crippen LogP contribution in [0.5, 0.6) is 0 Å². The number of hydrogen-bond acceptors (Lipinski definition) is 4. The summed E-state index contributed by atoms with van der Waals surface area (Å²) in [6, 6.07) is 18.9. The number of hydrogen-bond donors (Lipinski definition) is 1. The summed E-state index contributed by atoms with van der Waals surface area (Å²) >= 11 is 0. The summed E-state index contributed by atoms with van der Waals surface area (Å²) in [7, 11) is 0. The van der Waals surface area contributed by atoms with Gasteiger partial charge in [0, 0.05) is 23.8 Å². The molecule has 0 saturated heterocycles. The lowest BCUT2D eigenvalue weighted by molar-refractivity contribution is 0.0939. The Morgan fingerprint density at radius 2 is 1.87 bits per heavy atom. The highest BCUT2D eigenvalue weighted by atomic mass is 16.2. The Hall–Kier alpha value is -4.52. The highest BCUT2D eigenvalue weighted by Crippen LogP contribution is 2.28. The second-order valence-electron chi connectivity index (χ2n) is 10.3. The van der Waals surface area contributed by atoms with Gasteiger partial charge in [0.1, 0.15) is 5.56 Å². The van der Waals surface area contributed by atoms with Crippen molar-refractivity contribution in [1.82, 2.24) is 24.5 Å². The molecule has 1 aliphatic rings. The molecule has 1 atom stereocenters. The number of rotatable bonds is 6. The van der Waals surface area contributed by atoms with E-state index in [4.69, 9.17) is 0 Å². The van der Waals surface area contributed by atoms with E-state index in [0.29, 0.717) is 33.9 Å². The van der Waals surface area contributed by atoms with Crippen molar-refractivity contribution < 1.29 is 4.79 Å². The van der Waals surface area contributed by atoms with Gasteiger partial charge in [-0.15, -0.1) is 0 Å². The molecule has 0 radical (unpaired) electrons. The Morgan fingerprint density at radius 1 is 1.08 bits per heavy atom. The third-order valence-electron chi connectivity index (χ3n) is 7.66. The highest BCUT2D eigenvalue weighted by molar-refractivity contribution is 6.01. The van der Waals surface area contributed by atoms with E-state index in [2.05, 4.69) is 27.6 Å². The number of carbonyl (C=O) groups is 1. The van der Waals surface area contributed by atoms with Crippen LogP contribution in [0.15, 0.2) is 83.9 Å². The van der Waals surface area contributed by atoms with Gasteiger partial charge in [0.05, 0.1) is 17.1 Å². The van der Waals surface area contributed by atoms with Crippen molar-refractivity contribution in [2.45, 2.75) is 45.6 Å². The van der Waals surface area contributed by atoms with Crippen LogP contribution in [-0.2, 0) is 0 Å². The lowest BCUT2D eigenvalue weighted by Gasteiger charge is -2.21. The minimum absolute atomic E-state index is 0.102. The molecule has 3 aromatic heterocycles. The van der Waals surface area contributed by atoms with E-state index < -0.39 is 6.04 Å². The Labute approximate surface area is 226 Å². The van der Waals surface area contributed by atoms with Gasteiger partial charge in [-0.25, -0.2) is 9.50 Å². The van der Waals surface area contributed by atoms with Gasteiger partial charge in [-0.05, 0) is 67.8 Å². The van der Waals surface area contributed by atoms with Gasteiger partial charge in [-0.1, -0.05) is 61.4 Å². The van der Waals surface area contributed by atoms with Crippen molar-refractivity contribution in [2.75, 3.05) is 0 Å². The minimum Gasteiger partial charge on any atom is -0.344 e. The molecular formula is C32H31N5O2. The molecule has 0 aliphatic heterocycles. The normalized spacial score (nSPS) is 14.9. The third kappa shape index (κ3) is 4.65. The summed E-state index contributed by atoms with van der Waals surface area (Å²) in [5.41, 5.74) is 3.79. The minimum atomic E-state index is -0.467. The molecule has 6 rings (SSSR count). The molecule has 2 aromatic carbocycles. The Bertz CT molecular complexity index is 1760. The number of nitrogens with one attached hydrogen (secondary N) is 1. The topological polar surface area (TPSA) is 81.3 Å². The average molecular weight is 518 g/mol. The molecular weight excluding hydrogens is 486 g/mol. The molecule has 7 heteroatoms. The van der Waals surface area contributed by atoms with Crippen LogP contribution in [0.25, 0.3) is 28.2 Å². The largest absolute Gasteiger partial charge is 0.344 e. The number of benzene rings is 2. The van der Waals surface area contributed by atoms with Crippen LogP contribution in [0, 0.1) is 12.8 Å². The summed E-state index contributed by atoms with van der Waals surface area (Å²) < 4.78 is 3.33.